The van der Waals surface area contributed by atoms with Gasteiger partial charge in [0.2, 0.25) is 0 Å². The Morgan fingerprint density at radius 2 is 0.443 bits per heavy atom. The van der Waals surface area contributed by atoms with Crippen LogP contribution >= 0.6 is 0 Å². The highest BCUT2D eigenvalue weighted by Crippen LogP contribution is 2.69. The molecule has 2 nitrogen and oxygen atoms in total. The first-order valence-electron chi connectivity index (χ1n) is 14.6. The summed E-state index contributed by atoms with van der Waals surface area (Å²) >= 11 is 0. The van der Waals surface area contributed by atoms with Crippen LogP contribution in [-0.4, -0.2) is 128 Å². The van der Waals surface area contributed by atoms with Crippen LogP contribution < -0.4 is 0 Å². The van der Waals surface area contributed by atoms with Crippen LogP contribution in [0.5, 0.6) is 0 Å². The van der Waals surface area contributed by atoms with Gasteiger partial charge in [-0.15, -0.1) is 0 Å². The zero-order valence-corrected chi connectivity index (χ0v) is 29.7. The summed E-state index contributed by atoms with van der Waals surface area (Å²) in [5.41, 5.74) is -18.6. The van der Waals surface area contributed by atoms with Gasteiger partial charge in [-0.25, -0.2) is 8.78 Å². The molecule has 37 heteroatoms. The maximum absolute atomic E-state index is 15.4. The van der Waals surface area contributed by atoms with Gasteiger partial charge in [0, 0.05) is 13.2 Å². The molecule has 0 bridgehead atoms. The zero-order chi connectivity index (χ0) is 50.5. The molecule has 0 N–H and O–H groups in total. The van der Waals surface area contributed by atoms with Crippen LogP contribution in [0.2, 0.25) is 0 Å². The summed E-state index contributed by atoms with van der Waals surface area (Å²) < 4.78 is 489. The normalized spacial score (nSPS) is 17.8. The molecule has 0 heterocycles. The van der Waals surface area contributed by atoms with Crippen molar-refractivity contribution in [3.05, 3.63) is 0 Å². The minimum atomic E-state index is -10.6. The third kappa shape index (κ3) is 6.86. The van der Waals surface area contributed by atoms with Gasteiger partial charge in [-0.2, -0.15) is 140 Å². The van der Waals surface area contributed by atoms with Gasteiger partial charge in [-0.3, -0.25) is 0 Å². The van der Waals surface area contributed by atoms with E-state index in [2.05, 4.69) is 8.85 Å². The standard InChI is InChI=1S/C24H18F34O2Si/c1-5-59-61(60-6-2,23(55,56)21(51,52)19(47,48)17(43,44)15(39,40)13(35,36)11(31,32)9(27,28)7(3)25)24(57,58)22(53,54)20(49,50)18(45,46)16(41,42)14(37,38)12(33,34)10(29,30)8(4)26/h7-8H,5-6H2,1-4H3. The van der Waals surface area contributed by atoms with Crippen molar-refractivity contribution in [2.45, 2.75) is 134 Å². The van der Waals surface area contributed by atoms with Gasteiger partial charge < -0.3 is 8.85 Å². The van der Waals surface area contributed by atoms with Gasteiger partial charge in [0.25, 0.3) is 0 Å². The molecule has 0 aliphatic carbocycles. The van der Waals surface area contributed by atoms with E-state index >= 15 is 17.6 Å². The van der Waals surface area contributed by atoms with Crippen molar-refractivity contribution in [1.82, 2.24) is 0 Å². The number of alkyl halides is 34. The Labute approximate surface area is 315 Å². The molecule has 0 aromatic rings. The van der Waals surface area contributed by atoms with Crippen molar-refractivity contribution < 1.29 is 158 Å². The van der Waals surface area contributed by atoms with Crippen LogP contribution in [0.15, 0.2) is 0 Å². The lowest BCUT2D eigenvalue weighted by Gasteiger charge is -2.50. The fourth-order valence-corrected chi connectivity index (χ4v) is 7.47. The van der Waals surface area contributed by atoms with Crippen molar-refractivity contribution >= 4 is 8.56 Å². The fourth-order valence-electron chi connectivity index (χ4n) is 4.31. The number of rotatable bonds is 22. The largest absolute Gasteiger partial charge is 0.503 e. The third-order valence-electron chi connectivity index (χ3n) is 8.09. The quantitative estimate of drug-likeness (QED) is 0.0795. The maximum atomic E-state index is 15.4. The molecule has 0 radical (unpaired) electrons. The van der Waals surface area contributed by atoms with Crippen molar-refractivity contribution in [3.63, 3.8) is 0 Å². The second kappa shape index (κ2) is 15.4. The summed E-state index contributed by atoms with van der Waals surface area (Å²) in [6.45, 7) is -8.51. The van der Waals surface area contributed by atoms with Gasteiger partial charge in [0.05, 0.1) is 0 Å². The molecule has 2 unspecified atom stereocenters. The highest BCUT2D eigenvalue weighted by molar-refractivity contribution is 6.73. The SMILES string of the molecule is CCO[Si](OCC)(C(F)(F)C(F)(F)C(F)(F)C(F)(F)C(F)(F)C(F)(F)C(F)(F)C(F)(F)C(C)F)C(F)(F)C(F)(F)C(F)(F)C(F)(F)C(F)(F)C(F)(F)C(F)(F)C(F)(F)C(C)F. The smallest absolute Gasteiger partial charge is 0.387 e. The zero-order valence-electron chi connectivity index (χ0n) is 28.7. The average molecular weight is 1010 g/mol. The van der Waals surface area contributed by atoms with Gasteiger partial charge in [-0.1, -0.05) is 0 Å². The Kier molecular flexibility index (Phi) is 14.9. The second-order valence-corrected chi connectivity index (χ2v) is 15.1. The lowest BCUT2D eigenvalue weighted by Crippen LogP contribution is -2.85. The highest BCUT2D eigenvalue weighted by atomic mass is 28.4. The molecule has 0 fully saturated rings. The molecule has 0 saturated heterocycles. The summed E-state index contributed by atoms with van der Waals surface area (Å²) in [6.07, 6.45) is -9.96. The van der Waals surface area contributed by atoms with Crippen LogP contribution in [0.25, 0.3) is 0 Å². The first kappa shape index (κ1) is 58.8. The molecule has 0 amide bonds. The Bertz CT molecular complexity index is 1420. The average Bonchev–Trinajstić information content (AvgIpc) is 3.06. The maximum Gasteiger partial charge on any atom is 0.503 e. The van der Waals surface area contributed by atoms with Gasteiger partial charge in [0.15, 0.2) is 12.3 Å². The Balaban J connectivity index is 8.45. The molecule has 61 heavy (non-hydrogen) atoms. The summed E-state index contributed by atoms with van der Waals surface area (Å²) in [6, 6.07) is 0. The lowest BCUT2D eigenvalue weighted by molar-refractivity contribution is -0.456. The lowest BCUT2D eigenvalue weighted by atomic mass is 9.88. The van der Waals surface area contributed by atoms with E-state index in [1.807, 2.05) is 0 Å². The summed E-state index contributed by atoms with van der Waals surface area (Å²) in [4.78, 5) is 0. The Morgan fingerprint density at radius 1 is 0.295 bits per heavy atom. The van der Waals surface area contributed by atoms with E-state index in [1.165, 1.54) is 0 Å². The topological polar surface area (TPSA) is 18.5 Å². The van der Waals surface area contributed by atoms with Crippen LogP contribution in [0.4, 0.5) is 149 Å². The van der Waals surface area contributed by atoms with Crippen LogP contribution in [0.1, 0.15) is 27.7 Å². The molecular weight excluding hydrogens is 994 g/mol. The van der Waals surface area contributed by atoms with E-state index in [1.54, 1.807) is 0 Å². The summed E-state index contributed by atoms with van der Waals surface area (Å²) in [7, 11) is -10.6. The van der Waals surface area contributed by atoms with Gasteiger partial charge in [0.1, 0.15) is 0 Å². The van der Waals surface area contributed by atoms with Crippen molar-refractivity contribution in [1.29, 1.82) is 0 Å². The minimum Gasteiger partial charge on any atom is -0.387 e. The van der Waals surface area contributed by atoms with Crippen LogP contribution in [0, 0.1) is 0 Å². The Morgan fingerprint density at radius 3 is 0.590 bits per heavy atom. The molecule has 0 saturated carbocycles. The predicted octanol–water partition coefficient (Wildman–Crippen LogP) is 12.5. The first-order chi connectivity index (χ1) is 26.0. The summed E-state index contributed by atoms with van der Waals surface area (Å²) in [5, 5.41) is 0. The molecule has 0 spiro atoms. The van der Waals surface area contributed by atoms with E-state index < -0.39 is 156 Å². The van der Waals surface area contributed by atoms with Crippen molar-refractivity contribution in [2.24, 2.45) is 0 Å². The van der Waals surface area contributed by atoms with Crippen LogP contribution in [0.3, 0.4) is 0 Å². The molecule has 2 atom stereocenters. The van der Waals surface area contributed by atoms with Crippen molar-refractivity contribution in [2.75, 3.05) is 13.2 Å². The molecule has 0 aliphatic rings. The van der Waals surface area contributed by atoms with E-state index in [0.29, 0.717) is 0 Å². The van der Waals surface area contributed by atoms with E-state index in [-0.39, 0.29) is 0 Å². The molecule has 0 rings (SSSR count). The van der Waals surface area contributed by atoms with E-state index in [0.717, 1.165) is 0 Å². The molecule has 0 aromatic heterocycles. The van der Waals surface area contributed by atoms with Crippen molar-refractivity contribution in [3.8, 4) is 0 Å². The first-order valence-corrected chi connectivity index (χ1v) is 16.4. The summed E-state index contributed by atoms with van der Waals surface area (Å²) in [5.74, 6) is -128. The van der Waals surface area contributed by atoms with Crippen LogP contribution in [-0.2, 0) is 8.85 Å². The number of hydrogen-bond donors (Lipinski definition) is 0. The highest BCUT2D eigenvalue weighted by Gasteiger charge is 3.03. The molecule has 0 aliphatic heterocycles. The van der Waals surface area contributed by atoms with Gasteiger partial charge >= 0.3 is 103 Å². The molecular formula is C24H18F34O2Si. The van der Waals surface area contributed by atoms with E-state index in [4.69, 9.17) is 0 Å². The minimum absolute atomic E-state index is 0.422. The van der Waals surface area contributed by atoms with E-state index in [9.17, 15) is 132 Å². The Hall–Kier alpha value is -2.24. The van der Waals surface area contributed by atoms with Gasteiger partial charge in [-0.05, 0) is 27.7 Å². The monoisotopic (exact) mass is 1010 g/mol. The molecule has 0 aromatic carbocycles. The second-order valence-electron chi connectivity index (χ2n) is 12.0. The fraction of sp³-hybridized carbons (Fsp3) is 1.00. The number of hydrogen-bond acceptors (Lipinski definition) is 2. The third-order valence-corrected chi connectivity index (χ3v) is 11.8. The number of halogens is 34. The molecule has 368 valence electrons. The predicted molar refractivity (Wildman–Crippen MR) is 129 cm³/mol.